The second-order valence-electron chi connectivity index (χ2n) is 6.74. The van der Waals surface area contributed by atoms with Crippen molar-refractivity contribution in [3.8, 4) is 5.75 Å². The van der Waals surface area contributed by atoms with Gasteiger partial charge in [-0.2, -0.15) is 0 Å². The van der Waals surface area contributed by atoms with E-state index in [1.54, 1.807) is 7.11 Å². The summed E-state index contributed by atoms with van der Waals surface area (Å²) in [5.74, 6) is 1.39. The third-order valence-electron chi connectivity index (χ3n) is 5.41. The van der Waals surface area contributed by atoms with Gasteiger partial charge in [0.2, 0.25) is 0 Å². The molecule has 0 aromatic heterocycles. The molecular weight excluding hydrogens is 298 g/mol. The number of para-hydroxylation sites is 1. The lowest BCUT2D eigenvalue weighted by atomic mass is 9.77. The molecule has 0 saturated carbocycles. The number of benzene rings is 2. The minimum Gasteiger partial charge on any atom is -0.496 e. The number of aryl methyl sites for hydroxylation is 1. The number of hydrogen-bond acceptors (Lipinski definition) is 3. The SMILES string of the molecule is CCc1ccc2c(c1)[C@H]1OCCC[C@H]1[C@@H](c1ccccc1OC)N2. The van der Waals surface area contributed by atoms with E-state index in [9.17, 15) is 0 Å². The van der Waals surface area contributed by atoms with Gasteiger partial charge in [0.15, 0.2) is 0 Å². The number of nitrogens with one attached hydrogen (secondary N) is 1. The Hall–Kier alpha value is -2.00. The van der Waals surface area contributed by atoms with Gasteiger partial charge in [-0.1, -0.05) is 37.3 Å². The van der Waals surface area contributed by atoms with Crippen LogP contribution in [0.3, 0.4) is 0 Å². The minimum absolute atomic E-state index is 0.177. The maximum atomic E-state index is 6.25. The van der Waals surface area contributed by atoms with Gasteiger partial charge in [-0.25, -0.2) is 0 Å². The normalized spacial score (nSPS) is 25.3. The van der Waals surface area contributed by atoms with Gasteiger partial charge in [0.25, 0.3) is 0 Å². The molecule has 2 aromatic carbocycles. The quantitative estimate of drug-likeness (QED) is 0.872. The highest BCUT2D eigenvalue weighted by Crippen LogP contribution is 2.50. The Morgan fingerprint density at radius 3 is 2.88 bits per heavy atom. The van der Waals surface area contributed by atoms with Crippen molar-refractivity contribution in [1.29, 1.82) is 0 Å². The third kappa shape index (κ3) is 2.57. The van der Waals surface area contributed by atoms with E-state index in [0.717, 1.165) is 25.2 Å². The van der Waals surface area contributed by atoms with Crippen molar-refractivity contribution in [2.45, 2.75) is 38.3 Å². The van der Waals surface area contributed by atoms with Gasteiger partial charge in [-0.3, -0.25) is 0 Å². The Labute approximate surface area is 144 Å². The fraction of sp³-hybridized carbons (Fsp3) is 0.429. The van der Waals surface area contributed by atoms with E-state index < -0.39 is 0 Å². The highest BCUT2D eigenvalue weighted by Gasteiger charge is 2.40. The van der Waals surface area contributed by atoms with Crippen molar-refractivity contribution < 1.29 is 9.47 Å². The van der Waals surface area contributed by atoms with Gasteiger partial charge in [0, 0.05) is 29.3 Å². The van der Waals surface area contributed by atoms with Crippen LogP contribution in [0.1, 0.15) is 48.6 Å². The van der Waals surface area contributed by atoms with Crippen LogP contribution in [0.5, 0.6) is 5.75 Å². The lowest BCUT2D eigenvalue weighted by Crippen LogP contribution is -2.36. The zero-order valence-corrected chi connectivity index (χ0v) is 14.4. The van der Waals surface area contributed by atoms with Crippen molar-refractivity contribution in [2.24, 2.45) is 5.92 Å². The standard InChI is InChI=1S/C21H25NO2/c1-3-14-10-11-18-17(13-14)21-16(8-6-12-24-21)20(22-18)15-7-4-5-9-19(15)23-2/h4-5,7,9-11,13,16,20-22H,3,6,8,12H2,1-2H3/t16-,20+,21-/m0/s1. The predicted octanol–water partition coefficient (Wildman–Crippen LogP) is 4.89. The largest absolute Gasteiger partial charge is 0.496 e. The van der Waals surface area contributed by atoms with Gasteiger partial charge < -0.3 is 14.8 Å². The first-order valence-corrected chi connectivity index (χ1v) is 8.95. The van der Waals surface area contributed by atoms with Crippen LogP contribution in [-0.4, -0.2) is 13.7 Å². The molecule has 3 heteroatoms. The van der Waals surface area contributed by atoms with E-state index in [2.05, 4.69) is 42.6 Å². The van der Waals surface area contributed by atoms with Gasteiger partial charge in [-0.15, -0.1) is 0 Å². The summed E-state index contributed by atoms with van der Waals surface area (Å²) in [7, 11) is 1.75. The number of methoxy groups -OCH3 is 1. The number of ether oxygens (including phenoxy) is 2. The maximum Gasteiger partial charge on any atom is 0.124 e. The smallest absolute Gasteiger partial charge is 0.124 e. The summed E-state index contributed by atoms with van der Waals surface area (Å²) in [5.41, 5.74) is 5.13. The second-order valence-corrected chi connectivity index (χ2v) is 6.74. The van der Waals surface area contributed by atoms with E-state index in [0.29, 0.717) is 5.92 Å². The highest BCUT2D eigenvalue weighted by molar-refractivity contribution is 5.59. The van der Waals surface area contributed by atoms with Crippen LogP contribution < -0.4 is 10.1 Å². The molecule has 2 aliphatic heterocycles. The minimum atomic E-state index is 0.177. The van der Waals surface area contributed by atoms with Gasteiger partial charge >= 0.3 is 0 Å². The van der Waals surface area contributed by atoms with Crippen LogP contribution >= 0.6 is 0 Å². The molecule has 0 aliphatic carbocycles. The second kappa shape index (κ2) is 6.48. The van der Waals surface area contributed by atoms with Crippen molar-refractivity contribution in [3.63, 3.8) is 0 Å². The van der Waals surface area contributed by atoms with Crippen LogP contribution in [0.15, 0.2) is 42.5 Å². The summed E-state index contributed by atoms with van der Waals surface area (Å²) in [6, 6.07) is 15.3. The van der Waals surface area contributed by atoms with Gasteiger partial charge in [-0.05, 0) is 37.0 Å². The molecule has 0 bridgehead atoms. The fourth-order valence-corrected chi connectivity index (χ4v) is 4.17. The van der Waals surface area contributed by atoms with Crippen LogP contribution in [0.4, 0.5) is 5.69 Å². The van der Waals surface area contributed by atoms with Crippen LogP contribution in [0.2, 0.25) is 0 Å². The molecule has 3 atom stereocenters. The first-order valence-electron chi connectivity index (χ1n) is 8.95. The topological polar surface area (TPSA) is 30.5 Å². The van der Waals surface area contributed by atoms with E-state index in [4.69, 9.17) is 9.47 Å². The van der Waals surface area contributed by atoms with Crippen molar-refractivity contribution >= 4 is 5.69 Å². The number of fused-ring (bicyclic) bond motifs is 3. The summed E-state index contributed by atoms with van der Waals surface area (Å²) in [5, 5.41) is 3.78. The average molecular weight is 323 g/mol. The molecule has 2 aromatic rings. The summed E-state index contributed by atoms with van der Waals surface area (Å²) >= 11 is 0. The molecule has 0 spiro atoms. The molecule has 3 nitrogen and oxygen atoms in total. The molecule has 1 saturated heterocycles. The summed E-state index contributed by atoms with van der Waals surface area (Å²) < 4.78 is 11.9. The highest BCUT2D eigenvalue weighted by atomic mass is 16.5. The Bertz CT molecular complexity index is 728. The van der Waals surface area contributed by atoms with E-state index in [-0.39, 0.29) is 12.1 Å². The van der Waals surface area contributed by atoms with Gasteiger partial charge in [0.1, 0.15) is 5.75 Å². The maximum absolute atomic E-state index is 6.25. The zero-order chi connectivity index (χ0) is 16.5. The molecule has 126 valence electrons. The molecule has 0 unspecified atom stereocenters. The first kappa shape index (κ1) is 15.5. The fourth-order valence-electron chi connectivity index (χ4n) is 4.17. The molecule has 24 heavy (non-hydrogen) atoms. The lowest BCUT2D eigenvalue weighted by Gasteiger charge is -2.43. The molecule has 4 rings (SSSR count). The zero-order valence-electron chi connectivity index (χ0n) is 14.4. The van der Waals surface area contributed by atoms with E-state index in [1.165, 1.54) is 28.8 Å². The van der Waals surface area contributed by atoms with Crippen LogP contribution in [-0.2, 0) is 11.2 Å². The molecule has 2 aliphatic rings. The Morgan fingerprint density at radius 1 is 1.17 bits per heavy atom. The number of anilines is 1. The number of rotatable bonds is 3. The molecule has 1 N–H and O–H groups in total. The lowest BCUT2D eigenvalue weighted by molar-refractivity contribution is -0.0383. The summed E-state index contributed by atoms with van der Waals surface area (Å²) in [6.45, 7) is 3.06. The van der Waals surface area contributed by atoms with Crippen molar-refractivity contribution in [3.05, 3.63) is 59.2 Å². The van der Waals surface area contributed by atoms with Crippen LogP contribution in [0.25, 0.3) is 0 Å². The Kier molecular flexibility index (Phi) is 4.19. The molecule has 0 radical (unpaired) electrons. The van der Waals surface area contributed by atoms with Crippen molar-refractivity contribution in [2.75, 3.05) is 19.0 Å². The Balaban J connectivity index is 1.79. The van der Waals surface area contributed by atoms with E-state index in [1.807, 2.05) is 12.1 Å². The van der Waals surface area contributed by atoms with E-state index >= 15 is 0 Å². The molecule has 0 amide bonds. The molecular formula is C21H25NO2. The first-order chi connectivity index (χ1) is 11.8. The molecule has 2 heterocycles. The Morgan fingerprint density at radius 2 is 2.04 bits per heavy atom. The molecule has 1 fully saturated rings. The average Bonchev–Trinajstić information content (AvgIpc) is 2.67. The monoisotopic (exact) mass is 323 g/mol. The third-order valence-corrected chi connectivity index (χ3v) is 5.41. The number of hydrogen-bond donors (Lipinski definition) is 1. The summed E-state index contributed by atoms with van der Waals surface area (Å²) in [4.78, 5) is 0. The summed E-state index contributed by atoms with van der Waals surface area (Å²) in [6.07, 6.45) is 3.53. The predicted molar refractivity (Wildman–Crippen MR) is 96.6 cm³/mol. The van der Waals surface area contributed by atoms with Gasteiger partial charge in [0.05, 0.1) is 19.3 Å². The van der Waals surface area contributed by atoms with Crippen LogP contribution in [0, 0.1) is 5.92 Å². The van der Waals surface area contributed by atoms with Crippen molar-refractivity contribution in [1.82, 2.24) is 0 Å².